The molecule has 1 aromatic carbocycles. The van der Waals surface area contributed by atoms with Crippen LogP contribution in [-0.4, -0.2) is 15.9 Å². The van der Waals surface area contributed by atoms with Gasteiger partial charge in [-0.1, -0.05) is 12.1 Å². The minimum absolute atomic E-state index is 0.109. The van der Waals surface area contributed by atoms with Crippen molar-refractivity contribution in [1.29, 1.82) is 0 Å². The number of rotatable bonds is 6. The van der Waals surface area contributed by atoms with E-state index in [1.54, 1.807) is 20.8 Å². The van der Waals surface area contributed by atoms with Gasteiger partial charge in [0.15, 0.2) is 11.5 Å². The van der Waals surface area contributed by atoms with Crippen molar-refractivity contribution in [3.8, 4) is 5.75 Å². The lowest BCUT2D eigenvalue weighted by Gasteiger charge is -2.07. The van der Waals surface area contributed by atoms with Crippen molar-refractivity contribution in [2.45, 2.75) is 33.8 Å². The van der Waals surface area contributed by atoms with Crippen LogP contribution in [0.25, 0.3) is 0 Å². The molecule has 1 aromatic heterocycles. The lowest BCUT2D eigenvalue weighted by atomic mass is 10.1. The van der Waals surface area contributed by atoms with E-state index in [0.717, 1.165) is 5.56 Å². The Bertz CT molecular complexity index is 701. The number of nitro benzene ring substituents is 1. The summed E-state index contributed by atoms with van der Waals surface area (Å²) in [6.07, 6.45) is 0.288. The lowest BCUT2D eigenvalue weighted by molar-refractivity contribution is -0.386. The fraction of sp³-hybridized carbons (Fsp3) is 0.333. The molecular weight excluding hydrogens is 288 g/mol. The Labute approximate surface area is 127 Å². The van der Waals surface area contributed by atoms with E-state index in [1.807, 2.05) is 0 Å². The maximum absolute atomic E-state index is 11.6. The highest BCUT2D eigenvalue weighted by Gasteiger charge is 2.19. The molecule has 0 N–H and O–H groups in total. The van der Waals surface area contributed by atoms with Gasteiger partial charge >= 0.3 is 5.69 Å². The van der Waals surface area contributed by atoms with Gasteiger partial charge in [-0.2, -0.15) is 0 Å². The SMILES string of the molecule is CCC(=O)c1ccc(OCc2c(C)noc2C)c([N+](=O)[O-])c1. The zero-order valence-electron chi connectivity index (χ0n) is 12.6. The number of aryl methyl sites for hydroxylation is 2. The van der Waals surface area contributed by atoms with Crippen LogP contribution in [0.15, 0.2) is 22.7 Å². The number of carbonyl (C=O) groups excluding carboxylic acids is 1. The van der Waals surface area contributed by atoms with Crippen LogP contribution in [0.1, 0.15) is 40.7 Å². The second kappa shape index (κ2) is 6.38. The van der Waals surface area contributed by atoms with E-state index < -0.39 is 4.92 Å². The van der Waals surface area contributed by atoms with Crippen LogP contribution in [0.5, 0.6) is 5.75 Å². The van der Waals surface area contributed by atoms with E-state index >= 15 is 0 Å². The van der Waals surface area contributed by atoms with E-state index in [0.29, 0.717) is 17.0 Å². The smallest absolute Gasteiger partial charge is 0.311 e. The number of benzene rings is 1. The molecule has 0 amide bonds. The third-order valence-corrected chi connectivity index (χ3v) is 3.35. The minimum Gasteiger partial charge on any atom is -0.482 e. The van der Waals surface area contributed by atoms with Crippen LogP contribution in [0.3, 0.4) is 0 Å². The number of Topliss-reactive ketones (excluding diaryl/α,β-unsaturated/α-hetero) is 1. The maximum Gasteiger partial charge on any atom is 0.311 e. The van der Waals surface area contributed by atoms with E-state index in [2.05, 4.69) is 5.16 Å². The number of nitrogens with zero attached hydrogens (tertiary/aromatic N) is 2. The van der Waals surface area contributed by atoms with Crippen molar-refractivity contribution >= 4 is 11.5 Å². The van der Waals surface area contributed by atoms with Crippen LogP contribution in [0.4, 0.5) is 5.69 Å². The normalized spacial score (nSPS) is 10.5. The van der Waals surface area contributed by atoms with Gasteiger partial charge in [-0.25, -0.2) is 0 Å². The molecule has 0 aliphatic rings. The summed E-state index contributed by atoms with van der Waals surface area (Å²) in [5.41, 5.74) is 1.51. The topological polar surface area (TPSA) is 95.5 Å². The molecule has 7 heteroatoms. The number of ketones is 1. The number of carbonyl (C=O) groups is 1. The zero-order valence-corrected chi connectivity index (χ0v) is 12.6. The molecule has 22 heavy (non-hydrogen) atoms. The van der Waals surface area contributed by atoms with Crippen molar-refractivity contribution in [3.63, 3.8) is 0 Å². The van der Waals surface area contributed by atoms with Gasteiger partial charge in [-0.3, -0.25) is 14.9 Å². The summed E-state index contributed by atoms with van der Waals surface area (Å²) < 4.78 is 10.5. The summed E-state index contributed by atoms with van der Waals surface area (Å²) in [5.74, 6) is 0.566. The first-order chi connectivity index (χ1) is 10.4. The molecular formula is C15H16N2O5. The first-order valence-corrected chi connectivity index (χ1v) is 6.80. The van der Waals surface area contributed by atoms with Crippen molar-refractivity contribution < 1.29 is 19.0 Å². The zero-order chi connectivity index (χ0) is 16.3. The van der Waals surface area contributed by atoms with Crippen molar-refractivity contribution in [3.05, 3.63) is 50.9 Å². The molecule has 2 rings (SSSR count). The number of hydrogen-bond acceptors (Lipinski definition) is 6. The van der Waals surface area contributed by atoms with Crippen molar-refractivity contribution in [2.24, 2.45) is 0 Å². The number of nitro groups is 1. The fourth-order valence-electron chi connectivity index (χ4n) is 2.02. The van der Waals surface area contributed by atoms with Gasteiger partial charge in [0.25, 0.3) is 0 Å². The fourth-order valence-corrected chi connectivity index (χ4v) is 2.02. The van der Waals surface area contributed by atoms with Gasteiger partial charge in [0.1, 0.15) is 12.4 Å². The van der Waals surface area contributed by atoms with Gasteiger partial charge in [0, 0.05) is 18.1 Å². The average Bonchev–Trinajstić information content (AvgIpc) is 2.83. The molecule has 0 unspecified atom stereocenters. The monoisotopic (exact) mass is 304 g/mol. The highest BCUT2D eigenvalue weighted by atomic mass is 16.6. The van der Waals surface area contributed by atoms with E-state index in [-0.39, 0.29) is 30.2 Å². The molecule has 0 atom stereocenters. The number of hydrogen-bond donors (Lipinski definition) is 0. The maximum atomic E-state index is 11.6. The standard InChI is InChI=1S/C15H16N2O5/c1-4-14(18)11-5-6-15(13(7-11)17(19)20)21-8-12-9(2)16-22-10(12)3/h5-7H,4,8H2,1-3H3. The molecule has 0 spiro atoms. The van der Waals surface area contributed by atoms with Crippen LogP contribution >= 0.6 is 0 Å². The molecule has 0 radical (unpaired) electrons. The first kappa shape index (κ1) is 15.7. The second-order valence-electron chi connectivity index (χ2n) is 4.81. The Morgan fingerprint density at radius 3 is 2.68 bits per heavy atom. The van der Waals surface area contributed by atoms with E-state index in [9.17, 15) is 14.9 Å². The largest absolute Gasteiger partial charge is 0.482 e. The third-order valence-electron chi connectivity index (χ3n) is 3.35. The molecule has 2 aromatic rings. The van der Waals surface area contributed by atoms with Crippen LogP contribution in [0, 0.1) is 24.0 Å². The molecule has 116 valence electrons. The highest BCUT2D eigenvalue weighted by Crippen LogP contribution is 2.29. The molecule has 0 fully saturated rings. The molecule has 7 nitrogen and oxygen atoms in total. The summed E-state index contributed by atoms with van der Waals surface area (Å²) in [6.45, 7) is 5.34. The van der Waals surface area contributed by atoms with E-state index in [1.165, 1.54) is 18.2 Å². The summed E-state index contributed by atoms with van der Waals surface area (Å²) in [6, 6.07) is 4.22. The van der Waals surface area contributed by atoms with Gasteiger partial charge in [-0.05, 0) is 26.0 Å². The second-order valence-corrected chi connectivity index (χ2v) is 4.81. The minimum atomic E-state index is -0.560. The molecule has 0 bridgehead atoms. The Kier molecular flexibility index (Phi) is 4.55. The quantitative estimate of drug-likeness (QED) is 0.461. The molecule has 0 aliphatic heterocycles. The summed E-state index contributed by atoms with van der Waals surface area (Å²) in [4.78, 5) is 22.3. The molecule has 0 saturated carbocycles. The summed E-state index contributed by atoms with van der Waals surface area (Å²) in [7, 11) is 0. The number of aromatic nitrogens is 1. The lowest BCUT2D eigenvalue weighted by Crippen LogP contribution is -2.03. The van der Waals surface area contributed by atoms with Gasteiger partial charge in [0.05, 0.1) is 16.2 Å². The van der Waals surface area contributed by atoms with Crippen LogP contribution in [0.2, 0.25) is 0 Å². The summed E-state index contributed by atoms with van der Waals surface area (Å²) >= 11 is 0. The Morgan fingerprint density at radius 1 is 1.41 bits per heavy atom. The number of ether oxygens (including phenoxy) is 1. The predicted molar refractivity (Wildman–Crippen MR) is 78.0 cm³/mol. The van der Waals surface area contributed by atoms with Crippen LogP contribution < -0.4 is 4.74 Å². The van der Waals surface area contributed by atoms with Crippen molar-refractivity contribution in [1.82, 2.24) is 5.16 Å². The average molecular weight is 304 g/mol. The predicted octanol–water partition coefficient (Wildman–Crippen LogP) is 3.37. The Balaban J connectivity index is 2.27. The summed E-state index contributed by atoms with van der Waals surface area (Å²) in [5, 5.41) is 15.0. The van der Waals surface area contributed by atoms with Gasteiger partial charge < -0.3 is 9.26 Å². The first-order valence-electron chi connectivity index (χ1n) is 6.80. The van der Waals surface area contributed by atoms with E-state index in [4.69, 9.17) is 9.26 Å². The highest BCUT2D eigenvalue weighted by molar-refractivity contribution is 5.96. The Morgan fingerprint density at radius 2 is 2.14 bits per heavy atom. The van der Waals surface area contributed by atoms with Gasteiger partial charge in [-0.15, -0.1) is 0 Å². The molecule has 0 aliphatic carbocycles. The van der Waals surface area contributed by atoms with Crippen molar-refractivity contribution in [2.75, 3.05) is 0 Å². The van der Waals surface area contributed by atoms with Gasteiger partial charge in [0.2, 0.25) is 0 Å². The molecule has 1 heterocycles. The van der Waals surface area contributed by atoms with Crippen LogP contribution in [-0.2, 0) is 6.61 Å². The Hall–Kier alpha value is -2.70. The molecule has 0 saturated heterocycles. The third kappa shape index (κ3) is 3.13.